The van der Waals surface area contributed by atoms with Gasteiger partial charge in [0, 0.05) is 12.1 Å². The molecule has 0 aliphatic rings. The van der Waals surface area contributed by atoms with E-state index < -0.39 is 10.7 Å². The lowest BCUT2D eigenvalue weighted by atomic mass is 10.1. The minimum Gasteiger partial charge on any atom is -0.298 e. The molecule has 4 nitrogen and oxygen atoms in total. The lowest BCUT2D eigenvalue weighted by Crippen LogP contribution is -1.96. The van der Waals surface area contributed by atoms with Crippen molar-refractivity contribution in [3.05, 3.63) is 39.2 Å². The van der Waals surface area contributed by atoms with Gasteiger partial charge in [-0.3, -0.25) is 14.9 Å². The van der Waals surface area contributed by atoms with E-state index in [0.29, 0.717) is 0 Å². The van der Waals surface area contributed by atoms with Crippen LogP contribution in [0.25, 0.3) is 0 Å². The largest absolute Gasteiger partial charge is 0.298 e. The van der Waals surface area contributed by atoms with Gasteiger partial charge >= 0.3 is 0 Å². The Morgan fingerprint density at radius 3 is 2.62 bits per heavy atom. The number of nitrogens with zero attached hydrogens (tertiary/aromatic N) is 1. The minimum atomic E-state index is -0.708. The van der Waals surface area contributed by atoms with E-state index >= 15 is 0 Å². The highest BCUT2D eigenvalue weighted by atomic mass is 19.1. The van der Waals surface area contributed by atoms with E-state index in [1.54, 1.807) is 0 Å². The van der Waals surface area contributed by atoms with E-state index in [2.05, 4.69) is 0 Å². The van der Waals surface area contributed by atoms with E-state index in [9.17, 15) is 19.3 Å². The molecule has 68 valence electrons. The van der Waals surface area contributed by atoms with Crippen LogP contribution < -0.4 is 0 Å². The fraction of sp³-hybridized carbons (Fsp3) is 0.125. The Morgan fingerprint density at radius 1 is 1.54 bits per heavy atom. The summed E-state index contributed by atoms with van der Waals surface area (Å²) < 4.78 is 13.0. The number of carbonyl (C=O) groups is 1. The molecule has 0 saturated carbocycles. The van der Waals surface area contributed by atoms with Gasteiger partial charge in [-0.15, -0.1) is 0 Å². The Hall–Kier alpha value is -1.78. The van der Waals surface area contributed by atoms with E-state index in [-0.39, 0.29) is 23.1 Å². The molecular formula is C8H6FNO3. The normalized spacial score (nSPS) is 9.69. The maximum atomic E-state index is 13.0. The lowest BCUT2D eigenvalue weighted by Gasteiger charge is -1.98. The Labute approximate surface area is 73.1 Å². The van der Waals surface area contributed by atoms with Crippen LogP contribution in [0.15, 0.2) is 12.1 Å². The standard InChI is InChI=1S/C8H6FNO3/c1-5-2-7(10(12)13)3-6(4-11)8(5)9/h2-4H,1H3. The van der Waals surface area contributed by atoms with Crippen molar-refractivity contribution < 1.29 is 14.1 Å². The van der Waals surface area contributed by atoms with Crippen molar-refractivity contribution in [3.8, 4) is 0 Å². The van der Waals surface area contributed by atoms with Crippen LogP contribution >= 0.6 is 0 Å². The molecule has 0 heterocycles. The van der Waals surface area contributed by atoms with Crippen LogP contribution in [0.2, 0.25) is 0 Å². The summed E-state index contributed by atoms with van der Waals surface area (Å²) in [5, 5.41) is 10.3. The van der Waals surface area contributed by atoms with E-state index in [1.807, 2.05) is 0 Å². The number of hydrogen-bond acceptors (Lipinski definition) is 3. The molecule has 0 N–H and O–H groups in total. The number of aryl methyl sites for hydroxylation is 1. The Morgan fingerprint density at radius 2 is 2.15 bits per heavy atom. The summed E-state index contributed by atoms with van der Waals surface area (Å²) in [4.78, 5) is 19.9. The van der Waals surface area contributed by atoms with Crippen LogP contribution in [0.3, 0.4) is 0 Å². The number of carbonyl (C=O) groups excluding carboxylic acids is 1. The number of benzene rings is 1. The van der Waals surface area contributed by atoms with Crippen LogP contribution in [-0.2, 0) is 0 Å². The summed E-state index contributed by atoms with van der Waals surface area (Å²) >= 11 is 0. The van der Waals surface area contributed by atoms with Crippen molar-refractivity contribution in [2.24, 2.45) is 0 Å². The van der Waals surface area contributed by atoms with Crippen molar-refractivity contribution in [3.63, 3.8) is 0 Å². The third-order valence-corrected chi connectivity index (χ3v) is 1.61. The molecule has 0 aliphatic heterocycles. The summed E-state index contributed by atoms with van der Waals surface area (Å²) in [6, 6.07) is 2.00. The molecule has 0 unspecified atom stereocenters. The molecule has 1 aromatic carbocycles. The Kier molecular flexibility index (Phi) is 2.36. The van der Waals surface area contributed by atoms with Crippen molar-refractivity contribution in [2.75, 3.05) is 0 Å². The van der Waals surface area contributed by atoms with Gasteiger partial charge in [0.25, 0.3) is 5.69 Å². The summed E-state index contributed by atoms with van der Waals surface area (Å²) in [6.45, 7) is 1.37. The van der Waals surface area contributed by atoms with Crippen molar-refractivity contribution in [1.82, 2.24) is 0 Å². The third-order valence-electron chi connectivity index (χ3n) is 1.61. The maximum absolute atomic E-state index is 13.0. The topological polar surface area (TPSA) is 60.2 Å². The fourth-order valence-corrected chi connectivity index (χ4v) is 0.968. The monoisotopic (exact) mass is 183 g/mol. The van der Waals surface area contributed by atoms with Crippen LogP contribution in [0, 0.1) is 22.9 Å². The molecule has 1 aromatic rings. The molecule has 0 bridgehead atoms. The Balaban J connectivity index is 3.38. The number of hydrogen-bond donors (Lipinski definition) is 0. The third kappa shape index (κ3) is 1.69. The maximum Gasteiger partial charge on any atom is 0.270 e. The number of nitro benzene ring substituents is 1. The van der Waals surface area contributed by atoms with Crippen molar-refractivity contribution in [1.29, 1.82) is 0 Å². The lowest BCUT2D eigenvalue weighted by molar-refractivity contribution is -0.385. The van der Waals surface area contributed by atoms with Gasteiger partial charge in [0.2, 0.25) is 0 Å². The van der Waals surface area contributed by atoms with Gasteiger partial charge in [-0.25, -0.2) is 4.39 Å². The van der Waals surface area contributed by atoms with Gasteiger partial charge in [-0.2, -0.15) is 0 Å². The van der Waals surface area contributed by atoms with Gasteiger partial charge in [0.05, 0.1) is 10.5 Å². The average molecular weight is 183 g/mol. The summed E-state index contributed by atoms with van der Waals surface area (Å²) in [6.07, 6.45) is 0.259. The summed E-state index contributed by atoms with van der Waals surface area (Å²) in [5.74, 6) is -0.708. The van der Waals surface area contributed by atoms with Crippen molar-refractivity contribution in [2.45, 2.75) is 6.92 Å². The first-order valence-corrected chi connectivity index (χ1v) is 3.46. The van der Waals surface area contributed by atoms with Crippen molar-refractivity contribution >= 4 is 12.0 Å². The van der Waals surface area contributed by atoms with Crippen LogP contribution in [0.5, 0.6) is 0 Å². The fourth-order valence-electron chi connectivity index (χ4n) is 0.968. The molecule has 0 radical (unpaired) electrons. The summed E-state index contributed by atoms with van der Waals surface area (Å²) in [5.41, 5.74) is -0.469. The smallest absolute Gasteiger partial charge is 0.270 e. The highest BCUT2D eigenvalue weighted by Crippen LogP contribution is 2.19. The summed E-state index contributed by atoms with van der Waals surface area (Å²) in [7, 11) is 0. The predicted molar refractivity (Wildman–Crippen MR) is 43.2 cm³/mol. The molecule has 0 spiro atoms. The molecule has 0 aromatic heterocycles. The van der Waals surface area contributed by atoms with Gasteiger partial charge in [-0.1, -0.05) is 0 Å². The van der Waals surface area contributed by atoms with Gasteiger partial charge in [-0.05, 0) is 12.5 Å². The zero-order valence-electron chi connectivity index (χ0n) is 6.78. The SMILES string of the molecule is Cc1cc([N+](=O)[O-])cc(C=O)c1F. The predicted octanol–water partition coefficient (Wildman–Crippen LogP) is 1.85. The second-order valence-electron chi connectivity index (χ2n) is 2.54. The van der Waals surface area contributed by atoms with E-state index in [0.717, 1.165) is 12.1 Å². The number of halogens is 1. The second kappa shape index (κ2) is 3.30. The minimum absolute atomic E-state index is 0.0938. The zero-order valence-corrected chi connectivity index (χ0v) is 6.78. The van der Waals surface area contributed by atoms with Gasteiger partial charge in [0.15, 0.2) is 6.29 Å². The molecule has 0 amide bonds. The van der Waals surface area contributed by atoms with E-state index in [1.165, 1.54) is 6.92 Å². The molecule has 13 heavy (non-hydrogen) atoms. The van der Waals surface area contributed by atoms with Crippen LogP contribution in [0.4, 0.5) is 10.1 Å². The highest BCUT2D eigenvalue weighted by molar-refractivity contribution is 5.77. The average Bonchev–Trinajstić information content (AvgIpc) is 2.09. The molecule has 0 atom stereocenters. The molecule has 0 fully saturated rings. The Bertz CT molecular complexity index is 376. The number of non-ortho nitro benzene ring substituents is 1. The second-order valence-corrected chi connectivity index (χ2v) is 2.54. The quantitative estimate of drug-likeness (QED) is 0.399. The first kappa shape index (κ1) is 9.31. The zero-order chi connectivity index (χ0) is 10.0. The van der Waals surface area contributed by atoms with Crippen LogP contribution in [-0.4, -0.2) is 11.2 Å². The number of rotatable bonds is 2. The van der Waals surface area contributed by atoms with Gasteiger partial charge < -0.3 is 0 Å². The highest BCUT2D eigenvalue weighted by Gasteiger charge is 2.13. The molecule has 1 rings (SSSR count). The molecular weight excluding hydrogens is 177 g/mol. The molecule has 5 heteroatoms. The van der Waals surface area contributed by atoms with Crippen LogP contribution in [0.1, 0.15) is 15.9 Å². The molecule has 0 saturated heterocycles. The first-order valence-electron chi connectivity index (χ1n) is 3.46. The number of nitro groups is 1. The molecule has 0 aliphatic carbocycles. The number of aldehydes is 1. The first-order chi connectivity index (χ1) is 6.06. The van der Waals surface area contributed by atoms with Gasteiger partial charge in [0.1, 0.15) is 5.82 Å². The van der Waals surface area contributed by atoms with E-state index in [4.69, 9.17) is 0 Å².